The summed E-state index contributed by atoms with van der Waals surface area (Å²) in [5, 5.41) is 0. The molecule has 15 heavy (non-hydrogen) atoms. The largest absolute Gasteiger partial charge is 0.103 e. The summed E-state index contributed by atoms with van der Waals surface area (Å²) < 4.78 is 0. The van der Waals surface area contributed by atoms with Gasteiger partial charge in [0.1, 0.15) is 0 Å². The van der Waals surface area contributed by atoms with Crippen LogP contribution in [0.3, 0.4) is 0 Å². The first-order chi connectivity index (χ1) is 7.42. The molecule has 0 radical (unpaired) electrons. The lowest BCUT2D eigenvalue weighted by Gasteiger charge is -2.31. The van der Waals surface area contributed by atoms with Gasteiger partial charge in [-0.2, -0.15) is 0 Å². The minimum absolute atomic E-state index is 0.776. The highest BCUT2D eigenvalue weighted by Gasteiger charge is 2.24. The van der Waals surface area contributed by atoms with Crippen molar-refractivity contribution >= 4 is 0 Å². The average molecular weight is 200 g/mol. The zero-order valence-electron chi connectivity index (χ0n) is 9.36. The molecule has 2 atom stereocenters. The maximum Gasteiger partial charge on any atom is -0.0131 e. The lowest BCUT2D eigenvalue weighted by molar-refractivity contribution is 0.309. The van der Waals surface area contributed by atoms with E-state index in [4.69, 9.17) is 0 Å². The molecule has 0 heteroatoms. The molecule has 0 spiro atoms. The zero-order valence-corrected chi connectivity index (χ0v) is 9.36. The summed E-state index contributed by atoms with van der Waals surface area (Å²) in [7, 11) is 0. The highest BCUT2D eigenvalue weighted by atomic mass is 14.3. The zero-order chi connectivity index (χ0) is 10.5. The maximum atomic E-state index is 3.88. The Balaban J connectivity index is 2.14. The van der Waals surface area contributed by atoms with Crippen LogP contribution < -0.4 is 0 Å². The fourth-order valence-corrected chi connectivity index (χ4v) is 2.84. The van der Waals surface area contributed by atoms with Crippen LogP contribution in [-0.2, 0) is 0 Å². The molecule has 0 bridgehead atoms. The molecule has 1 aliphatic rings. The molecule has 1 saturated carbocycles. The Labute approximate surface area is 93.0 Å². The van der Waals surface area contributed by atoms with E-state index < -0.39 is 0 Å². The van der Waals surface area contributed by atoms with Gasteiger partial charge in [0.05, 0.1) is 0 Å². The molecule has 0 amide bonds. The average Bonchev–Trinajstić information content (AvgIpc) is 2.31. The van der Waals surface area contributed by atoms with Crippen LogP contribution in [0.25, 0.3) is 0 Å². The summed E-state index contributed by atoms with van der Waals surface area (Å²) in [5.41, 5.74) is 1.53. The van der Waals surface area contributed by atoms with E-state index in [-0.39, 0.29) is 0 Å². The molecule has 2 rings (SSSR count). The summed E-state index contributed by atoms with van der Waals surface area (Å²) in [5.74, 6) is 1.61. The summed E-state index contributed by atoms with van der Waals surface area (Å²) >= 11 is 0. The first kappa shape index (κ1) is 10.5. The van der Waals surface area contributed by atoms with E-state index in [1.807, 2.05) is 0 Å². The molecular weight excluding hydrogens is 180 g/mol. The van der Waals surface area contributed by atoms with Crippen molar-refractivity contribution in [2.24, 2.45) is 5.92 Å². The van der Waals surface area contributed by atoms with E-state index in [0.717, 1.165) is 11.8 Å². The van der Waals surface area contributed by atoms with Gasteiger partial charge in [0.15, 0.2) is 0 Å². The van der Waals surface area contributed by atoms with Crippen LogP contribution in [0.2, 0.25) is 0 Å². The van der Waals surface area contributed by atoms with Gasteiger partial charge in [-0.3, -0.25) is 0 Å². The number of benzene rings is 1. The second-order valence-corrected chi connectivity index (χ2v) is 4.59. The molecule has 0 heterocycles. The monoisotopic (exact) mass is 200 g/mol. The number of allylic oxidation sites excluding steroid dienone is 1. The van der Waals surface area contributed by atoms with Crippen LogP contribution in [0.4, 0.5) is 0 Å². The Morgan fingerprint density at radius 3 is 2.60 bits per heavy atom. The van der Waals surface area contributed by atoms with Crippen LogP contribution in [0.15, 0.2) is 43.0 Å². The van der Waals surface area contributed by atoms with E-state index in [0.29, 0.717) is 0 Å². The van der Waals surface area contributed by atoms with Gasteiger partial charge in [-0.1, -0.05) is 49.2 Å². The quantitative estimate of drug-likeness (QED) is 0.628. The van der Waals surface area contributed by atoms with Crippen molar-refractivity contribution in [3.8, 4) is 0 Å². The van der Waals surface area contributed by atoms with E-state index in [9.17, 15) is 0 Å². The van der Waals surface area contributed by atoms with Crippen molar-refractivity contribution < 1.29 is 0 Å². The maximum absolute atomic E-state index is 3.88. The molecule has 0 nitrogen and oxygen atoms in total. The fourth-order valence-electron chi connectivity index (χ4n) is 2.84. The normalized spacial score (nSPS) is 26.1. The van der Waals surface area contributed by atoms with Gasteiger partial charge in [0.2, 0.25) is 0 Å². The van der Waals surface area contributed by atoms with Gasteiger partial charge in [-0.25, -0.2) is 0 Å². The van der Waals surface area contributed by atoms with E-state index >= 15 is 0 Å². The van der Waals surface area contributed by atoms with Crippen molar-refractivity contribution in [3.63, 3.8) is 0 Å². The first-order valence-corrected chi connectivity index (χ1v) is 6.07. The van der Waals surface area contributed by atoms with E-state index in [1.165, 1.54) is 37.7 Å². The fraction of sp³-hybridized carbons (Fsp3) is 0.467. The highest BCUT2D eigenvalue weighted by molar-refractivity contribution is 5.21. The van der Waals surface area contributed by atoms with Crippen LogP contribution in [0.1, 0.15) is 43.6 Å². The predicted molar refractivity (Wildman–Crippen MR) is 66.0 cm³/mol. The predicted octanol–water partition coefficient (Wildman–Crippen LogP) is 4.54. The third-order valence-corrected chi connectivity index (χ3v) is 3.61. The molecule has 0 saturated heterocycles. The Hall–Kier alpha value is -1.04. The lowest BCUT2D eigenvalue weighted by Crippen LogP contribution is -2.17. The van der Waals surface area contributed by atoms with Crippen LogP contribution in [0.5, 0.6) is 0 Å². The van der Waals surface area contributed by atoms with Crippen molar-refractivity contribution in [1.29, 1.82) is 0 Å². The molecule has 1 aliphatic carbocycles. The topological polar surface area (TPSA) is 0 Å². The van der Waals surface area contributed by atoms with Crippen molar-refractivity contribution in [2.45, 2.75) is 38.0 Å². The molecular formula is C15H20. The Morgan fingerprint density at radius 2 is 1.87 bits per heavy atom. The summed E-state index contributed by atoms with van der Waals surface area (Å²) in [6.07, 6.45) is 8.81. The summed E-state index contributed by atoms with van der Waals surface area (Å²) in [4.78, 5) is 0. The molecule has 1 fully saturated rings. The van der Waals surface area contributed by atoms with Crippen LogP contribution in [-0.4, -0.2) is 0 Å². The van der Waals surface area contributed by atoms with Gasteiger partial charge >= 0.3 is 0 Å². The van der Waals surface area contributed by atoms with Crippen LogP contribution >= 0.6 is 0 Å². The number of hydrogen-bond acceptors (Lipinski definition) is 0. The second kappa shape index (κ2) is 5.16. The van der Waals surface area contributed by atoms with Crippen LogP contribution in [0, 0.1) is 5.92 Å². The number of hydrogen-bond donors (Lipinski definition) is 0. The minimum atomic E-state index is 0.776. The summed E-state index contributed by atoms with van der Waals surface area (Å²) in [6.45, 7) is 3.88. The SMILES string of the molecule is C=CC[C@@H]1CCCC[C@@H]1c1ccccc1. The molecule has 1 aromatic rings. The molecule has 0 N–H and O–H groups in total. The number of rotatable bonds is 3. The third-order valence-electron chi connectivity index (χ3n) is 3.61. The highest BCUT2D eigenvalue weighted by Crippen LogP contribution is 2.39. The Kier molecular flexibility index (Phi) is 3.60. The lowest BCUT2D eigenvalue weighted by atomic mass is 9.74. The van der Waals surface area contributed by atoms with Crippen molar-refractivity contribution in [3.05, 3.63) is 48.6 Å². The Bertz CT molecular complexity index is 299. The van der Waals surface area contributed by atoms with Crippen molar-refractivity contribution in [1.82, 2.24) is 0 Å². The summed E-state index contributed by atoms with van der Waals surface area (Å²) in [6, 6.07) is 11.0. The van der Waals surface area contributed by atoms with E-state index in [2.05, 4.69) is 43.0 Å². The third kappa shape index (κ3) is 2.50. The van der Waals surface area contributed by atoms with Gasteiger partial charge in [-0.05, 0) is 36.7 Å². The van der Waals surface area contributed by atoms with Gasteiger partial charge in [-0.15, -0.1) is 6.58 Å². The standard InChI is InChI=1S/C15H20/c1-2-8-13-11-6-7-12-15(13)14-9-4-3-5-10-14/h2-5,9-10,13,15H,1,6-8,11-12H2/t13-,15+/m1/s1. The second-order valence-electron chi connectivity index (χ2n) is 4.59. The van der Waals surface area contributed by atoms with Gasteiger partial charge in [0, 0.05) is 0 Å². The van der Waals surface area contributed by atoms with Gasteiger partial charge in [0.25, 0.3) is 0 Å². The first-order valence-electron chi connectivity index (χ1n) is 6.07. The molecule has 80 valence electrons. The molecule has 0 aromatic heterocycles. The molecule has 0 aliphatic heterocycles. The van der Waals surface area contributed by atoms with E-state index in [1.54, 1.807) is 0 Å². The smallest absolute Gasteiger partial charge is 0.0131 e. The van der Waals surface area contributed by atoms with Gasteiger partial charge < -0.3 is 0 Å². The minimum Gasteiger partial charge on any atom is -0.103 e. The Morgan fingerprint density at radius 1 is 1.13 bits per heavy atom. The van der Waals surface area contributed by atoms with Crippen molar-refractivity contribution in [2.75, 3.05) is 0 Å². The molecule has 0 unspecified atom stereocenters. The molecule has 1 aromatic carbocycles.